The molecule has 0 aliphatic carbocycles. The van der Waals surface area contributed by atoms with Gasteiger partial charge in [0.1, 0.15) is 5.52 Å². The number of hydrogen-bond acceptors (Lipinski definition) is 5. The van der Waals surface area contributed by atoms with Crippen LogP contribution in [0.2, 0.25) is 0 Å². The summed E-state index contributed by atoms with van der Waals surface area (Å²) in [6.45, 7) is 0.247. The Hall–Kier alpha value is -2.57. The van der Waals surface area contributed by atoms with E-state index in [1.54, 1.807) is 24.3 Å². The molecule has 1 amide bonds. The van der Waals surface area contributed by atoms with Gasteiger partial charge in [0, 0.05) is 0 Å². The molecule has 0 bridgehead atoms. The largest absolute Gasteiger partial charge is 0.453 e. The molecule has 1 aromatic heterocycles. The molecule has 1 aromatic carbocycles. The summed E-state index contributed by atoms with van der Waals surface area (Å²) in [5, 5.41) is 2.34. The van der Waals surface area contributed by atoms with Crippen LogP contribution < -0.4 is 10.2 Å². The molecule has 0 spiro atoms. The molecule has 2 aromatic rings. The van der Waals surface area contributed by atoms with Gasteiger partial charge in [-0.3, -0.25) is 10.1 Å². The second kappa shape index (κ2) is 4.52. The molecular weight excluding hydrogens is 226 g/mol. The summed E-state index contributed by atoms with van der Waals surface area (Å²) in [7, 11) is 1.23. The molecule has 7 nitrogen and oxygen atoms in total. The van der Waals surface area contributed by atoms with E-state index < -0.39 is 6.09 Å². The van der Waals surface area contributed by atoms with Gasteiger partial charge in [-0.2, -0.15) is 0 Å². The van der Waals surface area contributed by atoms with Gasteiger partial charge in [0.25, 0.3) is 0 Å². The van der Waals surface area contributed by atoms with Gasteiger partial charge in [-0.1, -0.05) is 12.1 Å². The van der Waals surface area contributed by atoms with Crippen LogP contribution in [0.15, 0.2) is 24.3 Å². The molecule has 88 valence electrons. The summed E-state index contributed by atoms with van der Waals surface area (Å²) < 4.78 is 5.55. The minimum absolute atomic E-state index is 0.0742. The maximum Gasteiger partial charge on any atom is 0.413 e. The Morgan fingerprint density at radius 3 is 2.94 bits per heavy atom. The van der Waals surface area contributed by atoms with E-state index in [0.29, 0.717) is 11.0 Å². The zero-order valence-electron chi connectivity index (χ0n) is 8.91. The Kier molecular flexibility index (Phi) is 2.91. The maximum atomic E-state index is 11.1. The number of carbonyl (C=O) groups excluding carboxylic acids is 2. The Morgan fingerprint density at radius 2 is 2.24 bits per heavy atom. The fourth-order valence-corrected chi connectivity index (χ4v) is 1.37. The highest BCUT2D eigenvalue weighted by Gasteiger charge is 2.13. The smallest absolute Gasteiger partial charge is 0.413 e. The number of rotatable bonds is 3. The Labute approximate surface area is 95.9 Å². The minimum Gasteiger partial charge on any atom is -0.453 e. The van der Waals surface area contributed by atoms with Crippen molar-refractivity contribution in [2.75, 3.05) is 12.4 Å². The van der Waals surface area contributed by atoms with Crippen LogP contribution in [0.1, 0.15) is 0 Å². The molecule has 1 heterocycles. The molecule has 0 aliphatic heterocycles. The number of anilines is 1. The van der Waals surface area contributed by atoms with Crippen molar-refractivity contribution in [2.24, 2.45) is 0 Å². The number of para-hydroxylation sites is 2. The summed E-state index contributed by atoms with van der Waals surface area (Å²) in [6, 6.07) is 6.97. The van der Waals surface area contributed by atoms with Gasteiger partial charge in [-0.05, 0) is 12.1 Å². The predicted molar refractivity (Wildman–Crippen MR) is 58.4 cm³/mol. The predicted octanol–water partition coefficient (Wildman–Crippen LogP) is 0.800. The van der Waals surface area contributed by atoms with Crippen LogP contribution in [-0.4, -0.2) is 29.4 Å². The summed E-state index contributed by atoms with van der Waals surface area (Å²) in [6.07, 6.45) is -0.698. The van der Waals surface area contributed by atoms with Gasteiger partial charge in [-0.15, -0.1) is 4.73 Å². The molecule has 0 unspecified atom stereocenters. The van der Waals surface area contributed by atoms with E-state index in [2.05, 4.69) is 15.0 Å². The number of nitrogens with zero attached hydrogens (tertiary/aromatic N) is 2. The zero-order valence-corrected chi connectivity index (χ0v) is 8.91. The normalized spacial score (nSPS) is 9.94. The van der Waals surface area contributed by atoms with Gasteiger partial charge in [0.2, 0.25) is 5.95 Å². The van der Waals surface area contributed by atoms with Gasteiger partial charge in [-0.25, -0.2) is 9.78 Å². The molecular formula is C10H9N3O4. The summed E-state index contributed by atoms with van der Waals surface area (Å²) >= 11 is 0. The Morgan fingerprint density at radius 1 is 1.47 bits per heavy atom. The second-order valence-corrected chi connectivity index (χ2v) is 3.04. The molecule has 0 radical (unpaired) electrons. The summed E-state index contributed by atoms with van der Waals surface area (Å²) in [4.78, 5) is 30.3. The third-order valence-electron chi connectivity index (χ3n) is 2.07. The standard InChI is InChI=1S/C10H9N3O4/c1-16-10(15)12-9-11-7-4-2-3-5-8(7)13(9)17-6-14/h2-6H,1H3,(H,11,12,15). The lowest BCUT2D eigenvalue weighted by Gasteiger charge is -2.05. The summed E-state index contributed by atoms with van der Waals surface area (Å²) in [5.74, 6) is 0.0742. The third-order valence-corrected chi connectivity index (χ3v) is 2.07. The number of hydrogen-bond donors (Lipinski definition) is 1. The van der Waals surface area contributed by atoms with Crippen molar-refractivity contribution >= 4 is 29.5 Å². The molecule has 2 rings (SSSR count). The lowest BCUT2D eigenvalue weighted by atomic mass is 10.3. The van der Waals surface area contributed by atoms with E-state index in [-0.39, 0.29) is 12.4 Å². The highest BCUT2D eigenvalue weighted by Crippen LogP contribution is 2.17. The SMILES string of the molecule is COC(=O)Nc1nc2ccccc2n1OC=O. The fourth-order valence-electron chi connectivity index (χ4n) is 1.37. The van der Waals surface area contributed by atoms with Crippen molar-refractivity contribution in [1.82, 2.24) is 9.71 Å². The van der Waals surface area contributed by atoms with E-state index in [0.717, 1.165) is 4.73 Å². The minimum atomic E-state index is -0.698. The van der Waals surface area contributed by atoms with E-state index in [1.807, 2.05) is 0 Å². The average molecular weight is 235 g/mol. The van der Waals surface area contributed by atoms with E-state index in [4.69, 9.17) is 4.84 Å². The molecule has 1 N–H and O–H groups in total. The van der Waals surface area contributed by atoms with Crippen LogP contribution in [0, 0.1) is 0 Å². The van der Waals surface area contributed by atoms with Gasteiger partial charge in [0.05, 0.1) is 12.6 Å². The highest BCUT2D eigenvalue weighted by molar-refractivity contribution is 5.86. The average Bonchev–Trinajstić information content (AvgIpc) is 2.68. The van der Waals surface area contributed by atoms with Crippen molar-refractivity contribution in [1.29, 1.82) is 0 Å². The number of amides is 1. The number of carbonyl (C=O) groups is 2. The van der Waals surface area contributed by atoms with E-state index in [9.17, 15) is 9.59 Å². The third kappa shape index (κ3) is 2.03. The molecule has 0 atom stereocenters. The van der Waals surface area contributed by atoms with Gasteiger partial charge < -0.3 is 9.57 Å². The number of benzene rings is 1. The van der Waals surface area contributed by atoms with Crippen LogP contribution >= 0.6 is 0 Å². The van der Waals surface area contributed by atoms with Crippen molar-refractivity contribution in [3.05, 3.63) is 24.3 Å². The van der Waals surface area contributed by atoms with Crippen molar-refractivity contribution < 1.29 is 19.2 Å². The maximum absolute atomic E-state index is 11.1. The number of methoxy groups -OCH3 is 1. The van der Waals surface area contributed by atoms with Gasteiger partial charge in [0.15, 0.2) is 0 Å². The molecule has 17 heavy (non-hydrogen) atoms. The van der Waals surface area contributed by atoms with Crippen molar-refractivity contribution in [2.45, 2.75) is 0 Å². The van der Waals surface area contributed by atoms with Crippen LogP contribution in [0.25, 0.3) is 11.0 Å². The molecule has 7 heteroatoms. The van der Waals surface area contributed by atoms with Crippen LogP contribution in [0.5, 0.6) is 0 Å². The number of ether oxygens (including phenoxy) is 1. The fraction of sp³-hybridized carbons (Fsp3) is 0.100. The second-order valence-electron chi connectivity index (χ2n) is 3.04. The van der Waals surface area contributed by atoms with Crippen LogP contribution in [0.3, 0.4) is 0 Å². The van der Waals surface area contributed by atoms with Crippen molar-refractivity contribution in [3.63, 3.8) is 0 Å². The van der Waals surface area contributed by atoms with E-state index in [1.165, 1.54) is 7.11 Å². The molecule has 0 saturated heterocycles. The first-order valence-electron chi connectivity index (χ1n) is 4.69. The first kappa shape index (κ1) is 10.9. The Bertz CT molecular complexity index is 564. The van der Waals surface area contributed by atoms with Gasteiger partial charge >= 0.3 is 12.6 Å². The quantitative estimate of drug-likeness (QED) is 0.795. The monoisotopic (exact) mass is 235 g/mol. The van der Waals surface area contributed by atoms with E-state index >= 15 is 0 Å². The number of nitrogens with one attached hydrogen (secondary N) is 1. The van der Waals surface area contributed by atoms with Crippen molar-refractivity contribution in [3.8, 4) is 0 Å². The Balaban J connectivity index is 2.49. The lowest BCUT2D eigenvalue weighted by Crippen LogP contribution is -2.18. The van der Waals surface area contributed by atoms with Crippen LogP contribution in [0.4, 0.5) is 10.7 Å². The molecule has 0 aliphatic rings. The van der Waals surface area contributed by atoms with Crippen LogP contribution in [-0.2, 0) is 9.53 Å². The summed E-state index contributed by atoms with van der Waals surface area (Å²) in [5.41, 5.74) is 1.15. The zero-order chi connectivity index (χ0) is 12.3. The first-order valence-corrected chi connectivity index (χ1v) is 4.69. The number of fused-ring (bicyclic) bond motifs is 1. The highest BCUT2D eigenvalue weighted by atomic mass is 16.7. The lowest BCUT2D eigenvalue weighted by molar-refractivity contribution is -0.128. The first-order chi connectivity index (χ1) is 8.26. The molecule has 0 saturated carbocycles. The number of aromatic nitrogens is 2. The topological polar surface area (TPSA) is 82.4 Å². The molecule has 0 fully saturated rings. The number of imidazole rings is 1.